The van der Waals surface area contributed by atoms with E-state index in [4.69, 9.17) is 9.63 Å². The van der Waals surface area contributed by atoms with E-state index in [1.807, 2.05) is 0 Å². The number of carboxylic acids is 1. The second-order valence-electron chi connectivity index (χ2n) is 3.49. The van der Waals surface area contributed by atoms with Crippen molar-refractivity contribution in [3.63, 3.8) is 0 Å². The van der Waals surface area contributed by atoms with Gasteiger partial charge in [0, 0.05) is 6.07 Å². The monoisotopic (exact) mass is 247 g/mol. The molecule has 0 saturated carbocycles. The topological polar surface area (TPSA) is 105 Å². The molecular formula is C11H9N3O4. The first kappa shape index (κ1) is 11.8. The summed E-state index contributed by atoms with van der Waals surface area (Å²) in [6.45, 7) is 1.66. The maximum atomic E-state index is 11.7. The Morgan fingerprint density at radius 2 is 2.11 bits per heavy atom. The number of aromatic nitrogens is 2. The van der Waals surface area contributed by atoms with Crippen LogP contribution in [-0.4, -0.2) is 27.1 Å². The van der Waals surface area contributed by atoms with Gasteiger partial charge in [-0.2, -0.15) is 0 Å². The molecule has 2 N–H and O–H groups in total. The number of hydrogen-bond acceptors (Lipinski definition) is 5. The molecule has 18 heavy (non-hydrogen) atoms. The zero-order valence-electron chi connectivity index (χ0n) is 9.38. The molecule has 7 nitrogen and oxygen atoms in total. The van der Waals surface area contributed by atoms with Crippen LogP contribution in [0.3, 0.4) is 0 Å². The van der Waals surface area contributed by atoms with E-state index in [0.29, 0.717) is 5.76 Å². The zero-order chi connectivity index (χ0) is 13.1. The molecule has 2 aromatic rings. The van der Waals surface area contributed by atoms with Gasteiger partial charge in [0.15, 0.2) is 11.4 Å². The lowest BCUT2D eigenvalue weighted by atomic mass is 10.3. The Balaban J connectivity index is 2.16. The fraction of sp³-hybridized carbons (Fsp3) is 0.0909. The van der Waals surface area contributed by atoms with Crippen molar-refractivity contribution >= 4 is 17.7 Å². The maximum Gasteiger partial charge on any atom is 0.354 e. The molecule has 0 fully saturated rings. The molecule has 0 unspecified atom stereocenters. The molecule has 0 spiro atoms. The van der Waals surface area contributed by atoms with E-state index >= 15 is 0 Å². The summed E-state index contributed by atoms with van der Waals surface area (Å²) in [4.78, 5) is 26.2. The van der Waals surface area contributed by atoms with Gasteiger partial charge in [-0.3, -0.25) is 4.79 Å². The van der Waals surface area contributed by atoms with Crippen LogP contribution in [0.4, 0.5) is 5.82 Å². The summed E-state index contributed by atoms with van der Waals surface area (Å²) in [6.07, 6.45) is 0. The Labute approximate surface area is 101 Å². The van der Waals surface area contributed by atoms with Gasteiger partial charge in [-0.1, -0.05) is 11.2 Å². The van der Waals surface area contributed by atoms with Gasteiger partial charge in [-0.15, -0.1) is 0 Å². The van der Waals surface area contributed by atoms with Gasteiger partial charge in [-0.05, 0) is 19.1 Å². The number of amides is 1. The Kier molecular flexibility index (Phi) is 3.05. The predicted molar refractivity (Wildman–Crippen MR) is 60.4 cm³/mol. The van der Waals surface area contributed by atoms with Gasteiger partial charge >= 0.3 is 5.97 Å². The summed E-state index contributed by atoms with van der Waals surface area (Å²) in [5, 5.41) is 14.7. The highest BCUT2D eigenvalue weighted by atomic mass is 16.5. The van der Waals surface area contributed by atoms with Crippen LogP contribution in [0.1, 0.15) is 26.7 Å². The van der Waals surface area contributed by atoms with Crippen LogP contribution in [0.15, 0.2) is 28.8 Å². The van der Waals surface area contributed by atoms with Gasteiger partial charge in [0.2, 0.25) is 0 Å². The van der Waals surface area contributed by atoms with Crippen LogP contribution in [-0.2, 0) is 0 Å². The molecule has 1 amide bonds. The molecule has 7 heteroatoms. The molecule has 0 aliphatic heterocycles. The van der Waals surface area contributed by atoms with Gasteiger partial charge < -0.3 is 14.9 Å². The first-order chi connectivity index (χ1) is 8.56. The third-order valence-electron chi connectivity index (χ3n) is 2.07. The average Bonchev–Trinajstić information content (AvgIpc) is 2.76. The molecule has 0 aliphatic rings. The fourth-order valence-corrected chi connectivity index (χ4v) is 1.28. The van der Waals surface area contributed by atoms with E-state index in [9.17, 15) is 9.59 Å². The van der Waals surface area contributed by atoms with E-state index in [1.165, 1.54) is 24.3 Å². The maximum absolute atomic E-state index is 11.7. The van der Waals surface area contributed by atoms with Crippen LogP contribution in [0.2, 0.25) is 0 Å². The SMILES string of the molecule is Cc1cc(C(=O)Nc2cccc(C(=O)O)n2)no1. The minimum atomic E-state index is -1.16. The summed E-state index contributed by atoms with van der Waals surface area (Å²) in [7, 11) is 0. The molecule has 2 rings (SSSR count). The Morgan fingerprint density at radius 3 is 2.72 bits per heavy atom. The number of rotatable bonds is 3. The largest absolute Gasteiger partial charge is 0.477 e. The smallest absolute Gasteiger partial charge is 0.354 e. The van der Waals surface area contributed by atoms with Crippen molar-refractivity contribution in [3.05, 3.63) is 41.4 Å². The highest BCUT2D eigenvalue weighted by molar-refractivity contribution is 6.02. The molecule has 92 valence electrons. The number of anilines is 1. The van der Waals surface area contributed by atoms with Crippen LogP contribution < -0.4 is 5.32 Å². The van der Waals surface area contributed by atoms with Crippen molar-refractivity contribution in [3.8, 4) is 0 Å². The minimum Gasteiger partial charge on any atom is -0.477 e. The quantitative estimate of drug-likeness (QED) is 0.847. The molecular weight excluding hydrogens is 238 g/mol. The van der Waals surface area contributed by atoms with E-state index in [1.54, 1.807) is 6.92 Å². The minimum absolute atomic E-state index is 0.107. The number of hydrogen-bond donors (Lipinski definition) is 2. The molecule has 0 saturated heterocycles. The van der Waals surface area contributed by atoms with Crippen LogP contribution in [0.25, 0.3) is 0 Å². The number of nitrogens with zero attached hydrogens (tertiary/aromatic N) is 2. The zero-order valence-corrected chi connectivity index (χ0v) is 9.38. The van der Waals surface area contributed by atoms with Crippen LogP contribution in [0.5, 0.6) is 0 Å². The molecule has 0 aromatic carbocycles. The van der Waals surface area contributed by atoms with E-state index < -0.39 is 11.9 Å². The van der Waals surface area contributed by atoms with Crippen molar-refractivity contribution in [1.29, 1.82) is 0 Å². The fourth-order valence-electron chi connectivity index (χ4n) is 1.28. The van der Waals surface area contributed by atoms with Crippen LogP contribution >= 0.6 is 0 Å². The van der Waals surface area contributed by atoms with E-state index in [-0.39, 0.29) is 17.2 Å². The molecule has 2 heterocycles. The van der Waals surface area contributed by atoms with Gasteiger partial charge in [0.05, 0.1) is 0 Å². The summed E-state index contributed by atoms with van der Waals surface area (Å²) >= 11 is 0. The van der Waals surface area contributed by atoms with Crippen molar-refractivity contribution in [1.82, 2.24) is 10.1 Å². The molecule has 0 radical (unpaired) electrons. The molecule has 2 aromatic heterocycles. The highest BCUT2D eigenvalue weighted by Crippen LogP contribution is 2.08. The summed E-state index contributed by atoms with van der Waals surface area (Å²) in [5.74, 6) is -1.03. The standard InChI is InChI=1S/C11H9N3O4/c1-6-5-8(14-18-6)10(15)13-9-4-2-3-7(12-9)11(16)17/h2-5H,1H3,(H,16,17)(H,12,13,15). The first-order valence-electron chi connectivity index (χ1n) is 5.01. The van der Waals surface area contributed by atoms with Crippen molar-refractivity contribution in [2.45, 2.75) is 6.92 Å². The average molecular weight is 247 g/mol. The number of carbonyl (C=O) groups excluding carboxylic acids is 1. The predicted octanol–water partition coefficient (Wildman–Crippen LogP) is 1.33. The molecule has 0 bridgehead atoms. The number of aromatic carboxylic acids is 1. The van der Waals surface area contributed by atoms with Gasteiger partial charge in [0.25, 0.3) is 5.91 Å². The lowest BCUT2D eigenvalue weighted by Gasteiger charge is -2.02. The Hall–Kier alpha value is -2.70. The van der Waals surface area contributed by atoms with Gasteiger partial charge in [0.1, 0.15) is 11.6 Å². The number of nitrogens with one attached hydrogen (secondary N) is 1. The summed E-state index contributed by atoms with van der Waals surface area (Å²) in [5.41, 5.74) is -0.0424. The number of aryl methyl sites for hydroxylation is 1. The lowest BCUT2D eigenvalue weighted by Crippen LogP contribution is -2.14. The Morgan fingerprint density at radius 1 is 1.33 bits per heavy atom. The first-order valence-corrected chi connectivity index (χ1v) is 5.01. The molecule has 0 atom stereocenters. The van der Waals surface area contributed by atoms with Crippen LogP contribution in [0, 0.1) is 6.92 Å². The highest BCUT2D eigenvalue weighted by Gasteiger charge is 2.12. The third kappa shape index (κ3) is 2.51. The second kappa shape index (κ2) is 4.66. The Bertz CT molecular complexity index is 606. The summed E-state index contributed by atoms with van der Waals surface area (Å²) < 4.78 is 4.76. The number of carboxylic acid groups (broad SMARTS) is 1. The van der Waals surface area contributed by atoms with Crippen molar-refractivity contribution < 1.29 is 19.2 Å². The number of pyridine rings is 1. The normalized spacial score (nSPS) is 10.1. The van der Waals surface area contributed by atoms with Crippen molar-refractivity contribution in [2.75, 3.05) is 5.32 Å². The van der Waals surface area contributed by atoms with Gasteiger partial charge in [-0.25, -0.2) is 9.78 Å². The second-order valence-corrected chi connectivity index (χ2v) is 3.49. The van der Waals surface area contributed by atoms with Crippen molar-refractivity contribution in [2.24, 2.45) is 0 Å². The van der Waals surface area contributed by atoms with E-state index in [0.717, 1.165) is 0 Å². The molecule has 0 aliphatic carbocycles. The third-order valence-corrected chi connectivity index (χ3v) is 2.07. The van der Waals surface area contributed by atoms with E-state index in [2.05, 4.69) is 15.5 Å². The number of carbonyl (C=O) groups is 2. The summed E-state index contributed by atoms with van der Waals surface area (Å²) in [6, 6.07) is 5.77. The lowest BCUT2D eigenvalue weighted by molar-refractivity contribution is 0.0690.